The molecule has 0 spiro atoms. The number of nitrogens with zero attached hydrogens (tertiary/aromatic N) is 1. The Kier molecular flexibility index (Phi) is 5.84. The monoisotopic (exact) mass is 304 g/mol. The number of nitrogens with one attached hydrogen (secondary N) is 1. The lowest BCUT2D eigenvalue weighted by atomic mass is 10.0. The summed E-state index contributed by atoms with van der Waals surface area (Å²) in [6.45, 7) is 5.06. The van der Waals surface area contributed by atoms with Crippen molar-refractivity contribution in [3.8, 4) is 0 Å². The van der Waals surface area contributed by atoms with Crippen LogP contribution in [0.25, 0.3) is 0 Å². The van der Waals surface area contributed by atoms with Gasteiger partial charge in [-0.25, -0.2) is 4.98 Å². The summed E-state index contributed by atoms with van der Waals surface area (Å²) in [4.78, 5) is 3.56. The Labute approximate surface area is 128 Å². The first kappa shape index (κ1) is 16.1. The second-order valence-electron chi connectivity index (χ2n) is 5.69. The van der Waals surface area contributed by atoms with E-state index in [9.17, 15) is 4.39 Å². The quantitative estimate of drug-likeness (QED) is 0.642. The molecule has 0 aliphatic rings. The second kappa shape index (κ2) is 7.63. The third-order valence-electron chi connectivity index (χ3n) is 3.27. The lowest BCUT2D eigenvalue weighted by Crippen LogP contribution is -2.16. The van der Waals surface area contributed by atoms with Crippen molar-refractivity contribution in [1.29, 1.82) is 0 Å². The summed E-state index contributed by atoms with van der Waals surface area (Å²) in [5, 5.41) is 3.39. The predicted octanol–water partition coefficient (Wildman–Crippen LogP) is 4.08. The molecule has 2 aromatic rings. The van der Waals surface area contributed by atoms with E-state index in [1.54, 1.807) is 0 Å². The highest BCUT2D eigenvalue weighted by molar-refractivity contribution is 7.17. The summed E-state index contributed by atoms with van der Waals surface area (Å²) in [5.41, 5.74) is 3.48. The van der Waals surface area contributed by atoms with Crippen LogP contribution < -0.4 is 5.32 Å². The molecule has 2 atom stereocenters. The number of hydrogen-bond donors (Lipinski definition) is 1. The molecule has 1 aromatic heterocycles. The number of hydrogen-bond acceptors (Lipinski definition) is 2. The highest BCUT2D eigenvalue weighted by atomic mass is 31.0. The number of aromatic nitrogens is 1. The summed E-state index contributed by atoms with van der Waals surface area (Å²) in [6, 6.07) is 11.9. The van der Waals surface area contributed by atoms with Gasteiger partial charge < -0.3 is 5.32 Å². The van der Waals surface area contributed by atoms with Crippen molar-refractivity contribution >= 4 is 9.24 Å². The molecule has 1 aromatic carbocycles. The van der Waals surface area contributed by atoms with E-state index in [2.05, 4.69) is 57.7 Å². The Morgan fingerprint density at radius 1 is 1.19 bits per heavy atom. The topological polar surface area (TPSA) is 24.9 Å². The minimum Gasteiger partial charge on any atom is -0.303 e. The third-order valence-corrected chi connectivity index (χ3v) is 3.89. The summed E-state index contributed by atoms with van der Waals surface area (Å²) in [6.07, 6.45) is 2.58. The first-order chi connectivity index (χ1) is 10.0. The molecule has 0 aliphatic heterocycles. The Hall–Kier alpha value is -1.31. The van der Waals surface area contributed by atoms with E-state index in [0.29, 0.717) is 12.5 Å². The van der Waals surface area contributed by atoms with Crippen molar-refractivity contribution in [2.45, 2.75) is 32.6 Å². The molecule has 0 amide bonds. The van der Waals surface area contributed by atoms with Crippen LogP contribution in [0.2, 0.25) is 0 Å². The first-order valence-electron chi connectivity index (χ1n) is 7.23. The molecule has 0 bridgehead atoms. The summed E-state index contributed by atoms with van der Waals surface area (Å²) >= 11 is 0. The maximum Gasteiger partial charge on any atom is 0.213 e. The SMILES string of the molecule is CC(C)Cc1cccc(C(P)NCc2ccnc(F)c2)c1. The minimum absolute atomic E-state index is 0.147. The maximum atomic E-state index is 13.0. The van der Waals surface area contributed by atoms with Gasteiger partial charge in [0, 0.05) is 18.5 Å². The molecule has 2 unspecified atom stereocenters. The molecular weight excluding hydrogens is 282 g/mol. The van der Waals surface area contributed by atoms with Crippen molar-refractivity contribution in [3.05, 3.63) is 65.2 Å². The Morgan fingerprint density at radius 2 is 2.00 bits per heavy atom. The van der Waals surface area contributed by atoms with Crippen LogP contribution in [0.1, 0.15) is 36.3 Å². The average molecular weight is 304 g/mol. The fraction of sp³-hybridized carbons (Fsp3) is 0.353. The van der Waals surface area contributed by atoms with E-state index in [1.807, 2.05) is 6.07 Å². The molecule has 112 valence electrons. The molecule has 2 nitrogen and oxygen atoms in total. The van der Waals surface area contributed by atoms with Gasteiger partial charge in [0.05, 0.1) is 0 Å². The largest absolute Gasteiger partial charge is 0.303 e. The van der Waals surface area contributed by atoms with Crippen molar-refractivity contribution in [2.75, 3.05) is 0 Å². The van der Waals surface area contributed by atoms with E-state index in [0.717, 1.165) is 12.0 Å². The maximum absolute atomic E-state index is 13.0. The van der Waals surface area contributed by atoms with E-state index >= 15 is 0 Å². The predicted molar refractivity (Wildman–Crippen MR) is 88.5 cm³/mol. The molecule has 0 saturated carbocycles. The molecule has 0 fully saturated rings. The number of halogens is 1. The highest BCUT2D eigenvalue weighted by Crippen LogP contribution is 2.22. The van der Waals surface area contributed by atoms with Crippen LogP contribution in [0.4, 0.5) is 4.39 Å². The fourth-order valence-electron chi connectivity index (χ4n) is 2.28. The lowest BCUT2D eigenvalue weighted by molar-refractivity contribution is 0.577. The van der Waals surface area contributed by atoms with Crippen molar-refractivity contribution < 1.29 is 4.39 Å². The Bertz CT molecular complexity index is 587. The zero-order valence-electron chi connectivity index (χ0n) is 12.5. The van der Waals surface area contributed by atoms with E-state index in [4.69, 9.17) is 0 Å². The van der Waals surface area contributed by atoms with Gasteiger partial charge >= 0.3 is 0 Å². The molecular formula is C17H22FN2P. The van der Waals surface area contributed by atoms with E-state index in [1.165, 1.54) is 23.4 Å². The smallest absolute Gasteiger partial charge is 0.213 e. The zero-order valence-corrected chi connectivity index (χ0v) is 13.7. The number of pyridine rings is 1. The van der Waals surface area contributed by atoms with Crippen LogP contribution in [0, 0.1) is 11.9 Å². The minimum atomic E-state index is -0.437. The van der Waals surface area contributed by atoms with Gasteiger partial charge in [-0.1, -0.05) is 38.1 Å². The van der Waals surface area contributed by atoms with Crippen molar-refractivity contribution in [2.24, 2.45) is 5.92 Å². The van der Waals surface area contributed by atoms with Crippen LogP contribution in [0.5, 0.6) is 0 Å². The molecule has 21 heavy (non-hydrogen) atoms. The van der Waals surface area contributed by atoms with Gasteiger partial charge in [0.25, 0.3) is 0 Å². The van der Waals surface area contributed by atoms with E-state index in [-0.39, 0.29) is 5.78 Å². The van der Waals surface area contributed by atoms with Crippen LogP contribution in [-0.2, 0) is 13.0 Å². The van der Waals surface area contributed by atoms with Gasteiger partial charge in [-0.15, -0.1) is 9.24 Å². The Balaban J connectivity index is 1.98. The Morgan fingerprint density at radius 3 is 2.71 bits per heavy atom. The summed E-state index contributed by atoms with van der Waals surface area (Å²) in [5.74, 6) is 0.359. The third kappa shape index (κ3) is 5.18. The molecule has 1 N–H and O–H groups in total. The van der Waals surface area contributed by atoms with Gasteiger partial charge in [0.2, 0.25) is 5.95 Å². The molecule has 0 aliphatic carbocycles. The molecule has 4 heteroatoms. The van der Waals surface area contributed by atoms with E-state index < -0.39 is 5.95 Å². The second-order valence-corrected chi connectivity index (χ2v) is 6.36. The first-order valence-corrected chi connectivity index (χ1v) is 7.89. The lowest BCUT2D eigenvalue weighted by Gasteiger charge is -2.16. The van der Waals surface area contributed by atoms with Gasteiger partial charge in [0.15, 0.2) is 0 Å². The number of rotatable bonds is 6. The number of benzene rings is 1. The van der Waals surface area contributed by atoms with Gasteiger partial charge in [0.1, 0.15) is 0 Å². The molecule has 2 rings (SSSR count). The summed E-state index contributed by atoms with van der Waals surface area (Å²) in [7, 11) is 2.80. The van der Waals surface area contributed by atoms with Crippen LogP contribution >= 0.6 is 9.24 Å². The normalized spacial score (nSPS) is 12.6. The van der Waals surface area contributed by atoms with Crippen LogP contribution in [0.15, 0.2) is 42.6 Å². The molecule has 0 saturated heterocycles. The fourth-order valence-corrected chi connectivity index (χ4v) is 2.61. The van der Waals surface area contributed by atoms with Crippen molar-refractivity contribution in [3.63, 3.8) is 0 Å². The highest BCUT2D eigenvalue weighted by Gasteiger charge is 2.07. The average Bonchev–Trinajstić information content (AvgIpc) is 2.44. The van der Waals surface area contributed by atoms with Crippen LogP contribution in [0.3, 0.4) is 0 Å². The van der Waals surface area contributed by atoms with Gasteiger partial charge in [-0.3, -0.25) is 0 Å². The van der Waals surface area contributed by atoms with Gasteiger partial charge in [-0.05, 0) is 41.2 Å². The molecule has 1 heterocycles. The zero-order chi connectivity index (χ0) is 15.2. The van der Waals surface area contributed by atoms with Crippen LogP contribution in [-0.4, -0.2) is 4.98 Å². The summed E-state index contributed by atoms with van der Waals surface area (Å²) < 4.78 is 13.0. The molecule has 0 radical (unpaired) electrons. The van der Waals surface area contributed by atoms with Gasteiger partial charge in [-0.2, -0.15) is 4.39 Å². The van der Waals surface area contributed by atoms with Crippen molar-refractivity contribution in [1.82, 2.24) is 10.3 Å². The standard InChI is InChI=1S/C17H22FN2P/c1-12(2)8-13-4-3-5-15(9-13)17(21)20-11-14-6-7-19-16(18)10-14/h3-7,9-10,12,17,20H,8,11,21H2,1-2H3.